The minimum absolute atomic E-state index is 0.140. The van der Waals surface area contributed by atoms with Crippen molar-refractivity contribution in [3.63, 3.8) is 0 Å². The van der Waals surface area contributed by atoms with Gasteiger partial charge in [-0.1, -0.05) is 62.9 Å². The summed E-state index contributed by atoms with van der Waals surface area (Å²) in [5, 5.41) is 8.54. The average Bonchev–Trinajstić information content (AvgIpc) is 2.40. The molecule has 0 spiro atoms. The molecule has 1 N–H and O–H groups in total. The van der Waals surface area contributed by atoms with E-state index in [-0.39, 0.29) is 6.61 Å². The Morgan fingerprint density at radius 2 is 1.71 bits per heavy atom. The van der Waals surface area contributed by atoms with Gasteiger partial charge in [-0.25, -0.2) is 0 Å². The van der Waals surface area contributed by atoms with Crippen LogP contribution in [0.1, 0.15) is 51.0 Å². The summed E-state index contributed by atoms with van der Waals surface area (Å²) in [6.07, 6.45) is 7.97. The molecule has 1 aromatic rings. The van der Waals surface area contributed by atoms with Crippen molar-refractivity contribution < 1.29 is 9.90 Å². The lowest BCUT2D eigenvalue weighted by molar-refractivity contribution is -0.107. The Bertz CT molecular complexity index is 257. The van der Waals surface area contributed by atoms with Crippen molar-refractivity contribution in [1.82, 2.24) is 0 Å². The number of rotatable bonds is 7. The Kier molecular flexibility index (Phi) is 12.0. The molecule has 2 nitrogen and oxygen atoms in total. The molecule has 0 bridgehead atoms. The molecule has 17 heavy (non-hydrogen) atoms. The third-order valence-corrected chi connectivity index (χ3v) is 2.45. The van der Waals surface area contributed by atoms with E-state index in [1.165, 1.54) is 25.7 Å². The van der Waals surface area contributed by atoms with Gasteiger partial charge in [-0.05, 0) is 12.0 Å². The molecular weight excluding hydrogens is 212 g/mol. The lowest BCUT2D eigenvalue weighted by atomic mass is 10.1. The number of aliphatic hydroxyl groups excluding tert-OH is 1. The van der Waals surface area contributed by atoms with Crippen LogP contribution in [0.25, 0.3) is 0 Å². The summed E-state index contributed by atoms with van der Waals surface area (Å²) in [7, 11) is 0. The molecule has 0 saturated heterocycles. The molecule has 0 unspecified atom stereocenters. The second kappa shape index (κ2) is 12.9. The van der Waals surface area contributed by atoms with Gasteiger partial charge >= 0.3 is 0 Å². The highest BCUT2D eigenvalue weighted by atomic mass is 16.3. The van der Waals surface area contributed by atoms with Crippen LogP contribution in [0.3, 0.4) is 0 Å². The van der Waals surface area contributed by atoms with Gasteiger partial charge < -0.3 is 9.90 Å². The summed E-state index contributed by atoms with van der Waals surface area (Å²) in [6, 6.07) is 9.52. The van der Waals surface area contributed by atoms with E-state index in [4.69, 9.17) is 5.11 Å². The van der Waals surface area contributed by atoms with E-state index >= 15 is 0 Å². The fourth-order valence-corrected chi connectivity index (χ4v) is 1.41. The minimum Gasteiger partial charge on any atom is -0.392 e. The highest BCUT2D eigenvalue weighted by Gasteiger charge is 1.86. The molecule has 0 saturated carbocycles. The zero-order valence-corrected chi connectivity index (χ0v) is 10.8. The van der Waals surface area contributed by atoms with Crippen molar-refractivity contribution in [2.75, 3.05) is 0 Å². The van der Waals surface area contributed by atoms with Gasteiger partial charge in [-0.15, -0.1) is 0 Å². The molecule has 0 aromatic heterocycles. The fraction of sp³-hybridized carbons (Fsp3) is 0.533. The average molecular weight is 236 g/mol. The molecule has 2 heteroatoms. The first kappa shape index (κ1) is 15.9. The van der Waals surface area contributed by atoms with Crippen molar-refractivity contribution in [3.05, 3.63) is 35.9 Å². The third kappa shape index (κ3) is 11.1. The first-order valence-electron chi connectivity index (χ1n) is 6.43. The number of carbonyl (C=O) groups excluding carboxylic acids is 1. The molecule has 0 aliphatic rings. The van der Waals surface area contributed by atoms with Gasteiger partial charge in [0, 0.05) is 6.42 Å². The molecule has 0 fully saturated rings. The smallest absolute Gasteiger partial charge is 0.119 e. The van der Waals surface area contributed by atoms with Crippen LogP contribution >= 0.6 is 0 Å². The molecule has 0 aliphatic heterocycles. The number of hydrogen-bond acceptors (Lipinski definition) is 2. The lowest BCUT2D eigenvalue weighted by Gasteiger charge is -1.93. The van der Waals surface area contributed by atoms with Crippen LogP contribution in [0.5, 0.6) is 0 Å². The highest BCUT2D eigenvalue weighted by molar-refractivity contribution is 5.48. The quantitative estimate of drug-likeness (QED) is 0.578. The molecule has 0 amide bonds. The van der Waals surface area contributed by atoms with Gasteiger partial charge in [0.05, 0.1) is 6.61 Å². The molecule has 0 heterocycles. The van der Waals surface area contributed by atoms with Crippen molar-refractivity contribution in [2.24, 2.45) is 0 Å². The Morgan fingerprint density at radius 1 is 1.06 bits per heavy atom. The molecular formula is C15H24O2. The van der Waals surface area contributed by atoms with Gasteiger partial charge in [0.1, 0.15) is 6.29 Å². The Hall–Kier alpha value is -1.15. The minimum atomic E-state index is 0.140. The predicted molar refractivity (Wildman–Crippen MR) is 71.8 cm³/mol. The maximum Gasteiger partial charge on any atom is 0.119 e. The predicted octanol–water partition coefficient (Wildman–Crippen LogP) is 3.72. The summed E-state index contributed by atoms with van der Waals surface area (Å²) in [5.74, 6) is 0. The van der Waals surface area contributed by atoms with Crippen molar-refractivity contribution >= 4 is 6.29 Å². The fourth-order valence-electron chi connectivity index (χ4n) is 1.41. The molecule has 1 aromatic carbocycles. The second-order valence-electron chi connectivity index (χ2n) is 4.01. The van der Waals surface area contributed by atoms with Crippen LogP contribution in [0.4, 0.5) is 0 Å². The Labute approximate surface area is 105 Å². The molecule has 0 atom stereocenters. The van der Waals surface area contributed by atoms with Crippen LogP contribution in [0.2, 0.25) is 0 Å². The van der Waals surface area contributed by atoms with Gasteiger partial charge in [-0.2, -0.15) is 0 Å². The summed E-state index contributed by atoms with van der Waals surface area (Å²) in [6.45, 7) is 2.33. The van der Waals surface area contributed by atoms with Crippen LogP contribution in [0.15, 0.2) is 30.3 Å². The first-order valence-corrected chi connectivity index (χ1v) is 6.43. The van der Waals surface area contributed by atoms with Gasteiger partial charge in [0.25, 0.3) is 0 Å². The number of carbonyl (C=O) groups is 1. The molecule has 96 valence electrons. The molecule has 0 radical (unpaired) electrons. The van der Waals surface area contributed by atoms with E-state index in [0.717, 1.165) is 24.7 Å². The monoisotopic (exact) mass is 236 g/mol. The maximum absolute atomic E-state index is 9.84. The largest absolute Gasteiger partial charge is 0.392 e. The summed E-state index contributed by atoms with van der Waals surface area (Å²) < 4.78 is 0. The van der Waals surface area contributed by atoms with Crippen molar-refractivity contribution in [2.45, 2.75) is 52.1 Å². The van der Waals surface area contributed by atoms with Crippen LogP contribution in [-0.2, 0) is 11.4 Å². The number of aliphatic hydroxyl groups is 1. The van der Waals surface area contributed by atoms with Crippen LogP contribution in [0, 0.1) is 0 Å². The van der Waals surface area contributed by atoms with E-state index in [1.807, 2.05) is 30.3 Å². The Balaban J connectivity index is 0.000000302. The number of aldehydes is 1. The molecule has 1 rings (SSSR count). The zero-order chi connectivity index (χ0) is 12.8. The third-order valence-electron chi connectivity index (χ3n) is 2.45. The standard InChI is InChI=1S/C8H16O.C7H8O/c1-2-3-4-5-6-7-8-9;8-6-7-4-2-1-3-5-7/h8H,2-7H2,1H3;1-5,8H,6H2. The van der Waals surface area contributed by atoms with Gasteiger partial charge in [0.2, 0.25) is 0 Å². The maximum atomic E-state index is 9.84. The van der Waals surface area contributed by atoms with Gasteiger partial charge in [-0.3, -0.25) is 0 Å². The first-order chi connectivity index (χ1) is 8.35. The summed E-state index contributed by atoms with van der Waals surface area (Å²) in [5.41, 5.74) is 0.965. The number of hydrogen-bond donors (Lipinski definition) is 1. The van der Waals surface area contributed by atoms with Crippen LogP contribution < -0.4 is 0 Å². The van der Waals surface area contributed by atoms with Gasteiger partial charge in [0.15, 0.2) is 0 Å². The zero-order valence-electron chi connectivity index (χ0n) is 10.8. The second-order valence-corrected chi connectivity index (χ2v) is 4.01. The Morgan fingerprint density at radius 3 is 2.18 bits per heavy atom. The number of unbranched alkanes of at least 4 members (excludes halogenated alkanes) is 5. The summed E-state index contributed by atoms with van der Waals surface area (Å²) >= 11 is 0. The van der Waals surface area contributed by atoms with E-state index < -0.39 is 0 Å². The SMILES string of the molecule is CCCCCCCC=O.OCc1ccccc1. The number of benzene rings is 1. The normalized spacial score (nSPS) is 9.29. The van der Waals surface area contributed by atoms with E-state index in [2.05, 4.69) is 6.92 Å². The lowest BCUT2D eigenvalue weighted by Crippen LogP contribution is -1.78. The highest BCUT2D eigenvalue weighted by Crippen LogP contribution is 2.02. The summed E-state index contributed by atoms with van der Waals surface area (Å²) in [4.78, 5) is 9.84. The molecule has 0 aliphatic carbocycles. The van der Waals surface area contributed by atoms with E-state index in [0.29, 0.717) is 0 Å². The van der Waals surface area contributed by atoms with E-state index in [1.54, 1.807) is 0 Å². The van der Waals surface area contributed by atoms with Crippen LogP contribution in [-0.4, -0.2) is 11.4 Å². The topological polar surface area (TPSA) is 37.3 Å². The van der Waals surface area contributed by atoms with Crippen molar-refractivity contribution in [1.29, 1.82) is 0 Å². The van der Waals surface area contributed by atoms with Crippen molar-refractivity contribution in [3.8, 4) is 0 Å². The van der Waals surface area contributed by atoms with E-state index in [9.17, 15) is 4.79 Å².